The lowest BCUT2D eigenvalue weighted by Crippen LogP contribution is -2.41. The van der Waals surface area contributed by atoms with Crippen LogP contribution in [0, 0.1) is 13.8 Å². The number of nitrogens with one attached hydrogen (secondary N) is 1. The zero-order valence-electron chi connectivity index (χ0n) is 22.5. The Bertz CT molecular complexity index is 1330. The van der Waals surface area contributed by atoms with Crippen molar-refractivity contribution < 1.29 is 22.7 Å². The van der Waals surface area contributed by atoms with Crippen molar-refractivity contribution in [2.45, 2.75) is 51.5 Å². The summed E-state index contributed by atoms with van der Waals surface area (Å²) in [6.07, 6.45) is 0. The van der Waals surface area contributed by atoms with Crippen molar-refractivity contribution in [3.8, 4) is 11.5 Å². The Hall–Kier alpha value is -3.52. The number of carbonyl (C=O) groups is 1. The summed E-state index contributed by atoms with van der Waals surface area (Å²) in [5.41, 5.74) is 4.29. The summed E-state index contributed by atoms with van der Waals surface area (Å²) in [5.74, 6) is 1.22. The van der Waals surface area contributed by atoms with Crippen molar-refractivity contribution >= 4 is 21.6 Å². The van der Waals surface area contributed by atoms with Crippen LogP contribution in [0.25, 0.3) is 0 Å². The first-order valence-corrected chi connectivity index (χ1v) is 13.6. The SMILES string of the molecule is COc1ccc(N(CC(=O)NC(C)c2cc(C(C)C)c(OC)cc2C)S(=O)(=O)c2ccc(C)cc2)cc1. The normalized spacial score (nSPS) is 12.2. The van der Waals surface area contributed by atoms with E-state index in [1.54, 1.807) is 55.6 Å². The molecule has 37 heavy (non-hydrogen) atoms. The van der Waals surface area contributed by atoms with E-state index < -0.39 is 15.9 Å². The van der Waals surface area contributed by atoms with Crippen LogP contribution in [0.15, 0.2) is 65.6 Å². The number of hydrogen-bond acceptors (Lipinski definition) is 5. The van der Waals surface area contributed by atoms with E-state index in [0.29, 0.717) is 11.4 Å². The maximum Gasteiger partial charge on any atom is 0.264 e. The van der Waals surface area contributed by atoms with Crippen molar-refractivity contribution in [3.05, 3.63) is 82.9 Å². The maximum absolute atomic E-state index is 13.6. The van der Waals surface area contributed by atoms with Gasteiger partial charge in [-0.15, -0.1) is 0 Å². The minimum absolute atomic E-state index is 0.113. The van der Waals surface area contributed by atoms with Crippen LogP contribution in [0.4, 0.5) is 5.69 Å². The van der Waals surface area contributed by atoms with E-state index in [9.17, 15) is 13.2 Å². The van der Waals surface area contributed by atoms with Crippen LogP contribution in [0.3, 0.4) is 0 Å². The van der Waals surface area contributed by atoms with Crippen LogP contribution in [0.5, 0.6) is 11.5 Å². The summed E-state index contributed by atoms with van der Waals surface area (Å²) in [5, 5.41) is 2.99. The Morgan fingerprint density at radius 2 is 1.51 bits per heavy atom. The number of amides is 1. The molecule has 3 rings (SSSR count). The zero-order chi connectivity index (χ0) is 27.3. The molecule has 1 atom stereocenters. The number of ether oxygens (including phenoxy) is 2. The van der Waals surface area contributed by atoms with Gasteiger partial charge in [-0.3, -0.25) is 9.10 Å². The molecule has 3 aromatic carbocycles. The Labute approximate surface area is 220 Å². The summed E-state index contributed by atoms with van der Waals surface area (Å²) in [4.78, 5) is 13.4. The fourth-order valence-corrected chi connectivity index (χ4v) is 5.63. The van der Waals surface area contributed by atoms with Gasteiger partial charge in [-0.25, -0.2) is 8.42 Å². The van der Waals surface area contributed by atoms with E-state index in [4.69, 9.17) is 9.47 Å². The predicted molar refractivity (Wildman–Crippen MR) is 147 cm³/mol. The Balaban J connectivity index is 1.92. The molecule has 0 spiro atoms. The van der Waals surface area contributed by atoms with Crippen LogP contribution in [0.1, 0.15) is 55.0 Å². The lowest BCUT2D eigenvalue weighted by atomic mass is 9.93. The smallest absolute Gasteiger partial charge is 0.264 e. The van der Waals surface area contributed by atoms with Crippen LogP contribution < -0.4 is 19.1 Å². The van der Waals surface area contributed by atoms with E-state index in [0.717, 1.165) is 32.3 Å². The van der Waals surface area contributed by atoms with Crippen LogP contribution in [0.2, 0.25) is 0 Å². The van der Waals surface area contributed by atoms with Gasteiger partial charge in [0.25, 0.3) is 10.0 Å². The van der Waals surface area contributed by atoms with Crippen LogP contribution in [-0.2, 0) is 14.8 Å². The molecule has 0 aliphatic carbocycles. The van der Waals surface area contributed by atoms with Gasteiger partial charge in [0.05, 0.1) is 30.8 Å². The Morgan fingerprint density at radius 1 is 0.892 bits per heavy atom. The van der Waals surface area contributed by atoms with Gasteiger partial charge in [-0.1, -0.05) is 31.5 Å². The van der Waals surface area contributed by atoms with Gasteiger partial charge in [-0.05, 0) is 91.9 Å². The molecule has 3 aromatic rings. The number of hydrogen-bond donors (Lipinski definition) is 1. The number of aryl methyl sites for hydroxylation is 2. The van der Waals surface area contributed by atoms with Crippen molar-refractivity contribution in [1.82, 2.24) is 5.32 Å². The van der Waals surface area contributed by atoms with E-state index >= 15 is 0 Å². The third-order valence-electron chi connectivity index (χ3n) is 6.34. The van der Waals surface area contributed by atoms with Crippen molar-refractivity contribution in [3.63, 3.8) is 0 Å². The molecule has 0 heterocycles. The number of anilines is 1. The summed E-state index contributed by atoms with van der Waals surface area (Å²) in [6.45, 7) is 9.54. The Morgan fingerprint density at radius 3 is 2.05 bits per heavy atom. The second kappa shape index (κ2) is 11.7. The van der Waals surface area contributed by atoms with E-state index in [1.807, 2.05) is 32.9 Å². The molecule has 1 N–H and O–H groups in total. The minimum atomic E-state index is -4.01. The number of nitrogens with zero attached hydrogens (tertiary/aromatic N) is 1. The van der Waals surface area contributed by atoms with Gasteiger partial charge in [0.2, 0.25) is 5.91 Å². The molecule has 0 radical (unpaired) electrons. The number of carbonyl (C=O) groups excluding carboxylic acids is 1. The summed E-state index contributed by atoms with van der Waals surface area (Å²) in [6, 6.07) is 16.9. The predicted octanol–water partition coefficient (Wildman–Crippen LogP) is 5.52. The molecule has 198 valence electrons. The first kappa shape index (κ1) is 28.1. The molecule has 7 nitrogen and oxygen atoms in total. The first-order chi connectivity index (χ1) is 17.5. The van der Waals surface area contributed by atoms with Gasteiger partial charge < -0.3 is 14.8 Å². The van der Waals surface area contributed by atoms with Crippen molar-refractivity contribution in [1.29, 1.82) is 0 Å². The highest BCUT2D eigenvalue weighted by molar-refractivity contribution is 7.92. The average molecular weight is 525 g/mol. The number of rotatable bonds is 10. The molecule has 0 saturated carbocycles. The summed E-state index contributed by atoms with van der Waals surface area (Å²) < 4.78 is 39.1. The lowest BCUT2D eigenvalue weighted by Gasteiger charge is -2.26. The van der Waals surface area contributed by atoms with Gasteiger partial charge in [0.15, 0.2) is 0 Å². The van der Waals surface area contributed by atoms with E-state index in [2.05, 4.69) is 19.2 Å². The number of benzene rings is 3. The molecule has 0 bridgehead atoms. The van der Waals surface area contributed by atoms with Crippen LogP contribution >= 0.6 is 0 Å². The molecule has 0 fully saturated rings. The monoisotopic (exact) mass is 524 g/mol. The second-order valence-electron chi connectivity index (χ2n) is 9.42. The molecular formula is C29H36N2O5S. The quantitative estimate of drug-likeness (QED) is 0.378. The highest BCUT2D eigenvalue weighted by atomic mass is 32.2. The topological polar surface area (TPSA) is 84.9 Å². The molecule has 0 saturated heterocycles. The van der Waals surface area contributed by atoms with Crippen molar-refractivity contribution in [2.24, 2.45) is 0 Å². The molecule has 1 amide bonds. The van der Waals surface area contributed by atoms with Crippen molar-refractivity contribution in [2.75, 3.05) is 25.1 Å². The lowest BCUT2D eigenvalue weighted by molar-refractivity contribution is -0.120. The minimum Gasteiger partial charge on any atom is -0.497 e. The Kier molecular flexibility index (Phi) is 8.86. The highest BCUT2D eigenvalue weighted by Crippen LogP contribution is 2.32. The molecule has 0 aromatic heterocycles. The summed E-state index contributed by atoms with van der Waals surface area (Å²) >= 11 is 0. The summed E-state index contributed by atoms with van der Waals surface area (Å²) in [7, 11) is -0.821. The molecule has 1 unspecified atom stereocenters. The van der Waals surface area contributed by atoms with Gasteiger partial charge in [0.1, 0.15) is 18.0 Å². The second-order valence-corrected chi connectivity index (χ2v) is 11.3. The van der Waals surface area contributed by atoms with Gasteiger partial charge in [-0.2, -0.15) is 0 Å². The molecular weight excluding hydrogens is 488 g/mol. The van der Waals surface area contributed by atoms with E-state index in [1.165, 1.54) is 7.11 Å². The number of sulfonamides is 1. The molecule has 0 aliphatic heterocycles. The standard InChI is InChI=1S/C29H36N2O5S/c1-19(2)26-17-27(21(4)16-28(26)36-7)22(5)30-29(32)18-31(23-10-12-24(35-6)13-11-23)37(33,34)25-14-8-20(3)9-15-25/h8-17,19,22H,18H2,1-7H3,(H,30,32). The third-order valence-corrected chi connectivity index (χ3v) is 8.13. The highest BCUT2D eigenvalue weighted by Gasteiger charge is 2.28. The molecule has 0 aliphatic rings. The fraction of sp³-hybridized carbons (Fsp3) is 0.345. The number of methoxy groups -OCH3 is 2. The first-order valence-electron chi connectivity index (χ1n) is 12.2. The fourth-order valence-electron chi connectivity index (χ4n) is 4.21. The van der Waals surface area contributed by atoms with Gasteiger partial charge >= 0.3 is 0 Å². The van der Waals surface area contributed by atoms with Gasteiger partial charge in [0, 0.05) is 0 Å². The maximum atomic E-state index is 13.6. The zero-order valence-corrected chi connectivity index (χ0v) is 23.3. The van der Waals surface area contributed by atoms with E-state index in [-0.39, 0.29) is 23.4 Å². The largest absolute Gasteiger partial charge is 0.497 e. The molecule has 8 heteroatoms. The average Bonchev–Trinajstić information content (AvgIpc) is 2.87. The van der Waals surface area contributed by atoms with Crippen LogP contribution in [-0.4, -0.2) is 35.1 Å². The third kappa shape index (κ3) is 6.43.